The number of carbonyl (C=O) groups is 2. The number of ether oxygens (including phenoxy) is 3. The predicted molar refractivity (Wildman–Crippen MR) is 66.1 cm³/mol. The third-order valence-electron chi connectivity index (χ3n) is 5.69. The zero-order valence-corrected chi connectivity index (χ0v) is 11.1. The first kappa shape index (κ1) is 11.2. The van der Waals surface area contributed by atoms with E-state index in [0.29, 0.717) is 17.5 Å². The van der Waals surface area contributed by atoms with Crippen LogP contribution in [0.4, 0.5) is 0 Å². The van der Waals surface area contributed by atoms with E-state index in [-0.39, 0.29) is 23.9 Å². The summed E-state index contributed by atoms with van der Waals surface area (Å²) in [4.78, 5) is 36.1. The van der Waals surface area contributed by atoms with Gasteiger partial charge in [0.25, 0.3) is 0 Å². The van der Waals surface area contributed by atoms with E-state index in [1.165, 1.54) is 0 Å². The number of hydrogen-bond acceptors (Lipinski definition) is 7. The topological polar surface area (TPSA) is 92.0 Å². The second-order valence-electron chi connectivity index (χ2n) is 6.36. The van der Waals surface area contributed by atoms with Gasteiger partial charge in [0, 0.05) is 0 Å². The van der Waals surface area contributed by atoms with Crippen molar-refractivity contribution in [3.8, 4) is 5.75 Å². The van der Waals surface area contributed by atoms with E-state index in [1.807, 2.05) is 12.2 Å². The summed E-state index contributed by atoms with van der Waals surface area (Å²) in [6.45, 7) is 0. The Morgan fingerprint density at radius 3 is 2.95 bits per heavy atom. The van der Waals surface area contributed by atoms with Gasteiger partial charge in [0.15, 0.2) is 5.75 Å². The zero-order valence-electron chi connectivity index (χ0n) is 11.1. The maximum absolute atomic E-state index is 12.4. The first-order chi connectivity index (χ1) is 10.6. The maximum Gasteiger partial charge on any atom is 0.380 e. The maximum atomic E-state index is 12.4. The average molecular weight is 300 g/mol. The van der Waals surface area contributed by atoms with Crippen LogP contribution in [0.15, 0.2) is 21.4 Å². The molecule has 0 N–H and O–H groups in total. The highest BCUT2D eigenvalue weighted by Crippen LogP contribution is 2.74. The van der Waals surface area contributed by atoms with E-state index in [1.54, 1.807) is 0 Å². The molecule has 2 spiro atoms. The quantitative estimate of drug-likeness (QED) is 0.514. The highest BCUT2D eigenvalue weighted by atomic mass is 16.7. The monoisotopic (exact) mass is 300 g/mol. The van der Waals surface area contributed by atoms with Gasteiger partial charge in [-0.05, 0) is 6.42 Å². The molecule has 0 radical (unpaired) electrons. The highest BCUT2D eigenvalue weighted by Gasteiger charge is 2.78. The van der Waals surface area contributed by atoms with Crippen molar-refractivity contribution >= 4 is 11.9 Å². The molecule has 2 fully saturated rings. The summed E-state index contributed by atoms with van der Waals surface area (Å²) >= 11 is 0. The van der Waals surface area contributed by atoms with Gasteiger partial charge in [0.05, 0.1) is 28.4 Å². The minimum absolute atomic E-state index is 0.0843. The molecule has 4 heterocycles. The molecule has 3 aliphatic heterocycles. The molecule has 6 rings (SSSR count). The number of hydrogen-bond donors (Lipinski definition) is 0. The van der Waals surface area contributed by atoms with Crippen LogP contribution in [0.2, 0.25) is 0 Å². The van der Waals surface area contributed by atoms with Crippen molar-refractivity contribution in [2.45, 2.75) is 30.7 Å². The SMILES string of the molecule is O=C1CC23C=CCC24c2c5c(c(oc2=O)C(=O)O5)C4OC3O1. The molecule has 5 aliphatic rings. The summed E-state index contributed by atoms with van der Waals surface area (Å²) in [5.74, 6) is -0.837. The molecule has 7 heteroatoms. The fourth-order valence-corrected chi connectivity index (χ4v) is 4.96. The van der Waals surface area contributed by atoms with Crippen molar-refractivity contribution in [1.29, 1.82) is 0 Å². The molecule has 1 aromatic heterocycles. The van der Waals surface area contributed by atoms with Gasteiger partial charge < -0.3 is 18.6 Å². The van der Waals surface area contributed by atoms with Gasteiger partial charge in [-0.1, -0.05) is 12.2 Å². The lowest BCUT2D eigenvalue weighted by Gasteiger charge is -2.34. The van der Waals surface area contributed by atoms with Gasteiger partial charge in [-0.25, -0.2) is 9.59 Å². The van der Waals surface area contributed by atoms with Crippen LogP contribution in [0.1, 0.15) is 40.6 Å². The number of carbonyl (C=O) groups excluding carboxylic acids is 2. The smallest absolute Gasteiger partial charge is 0.380 e. The van der Waals surface area contributed by atoms with Crippen molar-refractivity contribution in [1.82, 2.24) is 0 Å². The minimum Gasteiger partial charge on any atom is -0.435 e. The number of esters is 2. The van der Waals surface area contributed by atoms with Crippen LogP contribution in [0.3, 0.4) is 0 Å². The van der Waals surface area contributed by atoms with E-state index in [4.69, 9.17) is 18.6 Å². The lowest BCUT2D eigenvalue weighted by Crippen LogP contribution is -2.43. The molecule has 0 aromatic carbocycles. The third kappa shape index (κ3) is 0.804. The van der Waals surface area contributed by atoms with Gasteiger partial charge in [0.2, 0.25) is 12.1 Å². The second kappa shape index (κ2) is 2.89. The first-order valence-corrected chi connectivity index (χ1v) is 7.05. The zero-order chi connectivity index (χ0) is 14.9. The highest BCUT2D eigenvalue weighted by molar-refractivity contribution is 5.96. The lowest BCUT2D eigenvalue weighted by atomic mass is 9.61. The Labute approximate surface area is 122 Å². The molecule has 2 aliphatic carbocycles. The molecule has 0 amide bonds. The standard InChI is InChI=1S/C15H8O7/c16-5-4-14-2-1-3-15(14)7-8-6(10(15)22-13(14)19-5)9(12(18)20-8)21-11(7)17/h1-2,10,13H,3-4H2. The normalized spacial score (nSPS) is 41.5. The Bertz CT molecular complexity index is 909. The van der Waals surface area contributed by atoms with E-state index in [2.05, 4.69) is 0 Å². The number of allylic oxidation sites excluding steroid dienone is 1. The van der Waals surface area contributed by atoms with Crippen molar-refractivity contribution in [2.24, 2.45) is 5.41 Å². The van der Waals surface area contributed by atoms with E-state index >= 15 is 0 Å². The van der Waals surface area contributed by atoms with Gasteiger partial charge in [-0.3, -0.25) is 4.79 Å². The Balaban J connectivity index is 1.73. The van der Waals surface area contributed by atoms with Crippen LogP contribution in [0, 0.1) is 5.41 Å². The molecule has 22 heavy (non-hydrogen) atoms. The molecule has 1 aromatic rings. The largest absolute Gasteiger partial charge is 0.435 e. The Kier molecular flexibility index (Phi) is 1.47. The molecule has 110 valence electrons. The molecule has 7 nitrogen and oxygen atoms in total. The lowest BCUT2D eigenvalue weighted by molar-refractivity contribution is -0.166. The molecule has 4 atom stereocenters. The van der Waals surface area contributed by atoms with Crippen LogP contribution >= 0.6 is 0 Å². The first-order valence-electron chi connectivity index (χ1n) is 7.05. The molecule has 0 saturated carbocycles. The van der Waals surface area contributed by atoms with Crippen LogP contribution in [0.5, 0.6) is 5.75 Å². The van der Waals surface area contributed by atoms with Crippen LogP contribution < -0.4 is 10.4 Å². The van der Waals surface area contributed by atoms with Crippen LogP contribution in [0.25, 0.3) is 0 Å². The summed E-state index contributed by atoms with van der Waals surface area (Å²) in [6.07, 6.45) is 3.21. The van der Waals surface area contributed by atoms with Crippen molar-refractivity contribution in [3.63, 3.8) is 0 Å². The molecule has 4 bridgehead atoms. The van der Waals surface area contributed by atoms with E-state index in [0.717, 1.165) is 0 Å². The minimum atomic E-state index is -0.770. The van der Waals surface area contributed by atoms with Gasteiger partial charge in [-0.15, -0.1) is 0 Å². The Hall–Kier alpha value is -2.41. The third-order valence-corrected chi connectivity index (χ3v) is 5.69. The fraction of sp³-hybridized carbons (Fsp3) is 0.400. The summed E-state index contributed by atoms with van der Waals surface area (Å²) in [5, 5.41) is 0. The molecule has 4 unspecified atom stereocenters. The summed E-state index contributed by atoms with van der Waals surface area (Å²) in [7, 11) is 0. The van der Waals surface area contributed by atoms with Gasteiger partial charge in [-0.2, -0.15) is 0 Å². The Morgan fingerprint density at radius 1 is 1.23 bits per heavy atom. The van der Waals surface area contributed by atoms with Gasteiger partial charge in [0.1, 0.15) is 6.10 Å². The molecular weight excluding hydrogens is 292 g/mol. The number of rotatable bonds is 0. The summed E-state index contributed by atoms with van der Waals surface area (Å²) in [6, 6.07) is 0. The summed E-state index contributed by atoms with van der Waals surface area (Å²) < 4.78 is 21.7. The molecule has 2 saturated heterocycles. The second-order valence-corrected chi connectivity index (χ2v) is 6.36. The van der Waals surface area contributed by atoms with E-state index in [9.17, 15) is 14.4 Å². The van der Waals surface area contributed by atoms with Crippen LogP contribution in [-0.4, -0.2) is 18.2 Å². The average Bonchev–Trinajstić information content (AvgIpc) is 3.12. The van der Waals surface area contributed by atoms with Crippen LogP contribution in [-0.2, 0) is 19.7 Å². The Morgan fingerprint density at radius 2 is 2.09 bits per heavy atom. The summed E-state index contributed by atoms with van der Waals surface area (Å²) in [5.41, 5.74) is -1.28. The molecular formula is C15H8O7. The van der Waals surface area contributed by atoms with E-state index < -0.39 is 34.8 Å². The van der Waals surface area contributed by atoms with Gasteiger partial charge >= 0.3 is 17.6 Å². The van der Waals surface area contributed by atoms with Crippen molar-refractivity contribution in [2.75, 3.05) is 0 Å². The van der Waals surface area contributed by atoms with Crippen molar-refractivity contribution < 1.29 is 28.2 Å². The fourth-order valence-electron chi connectivity index (χ4n) is 4.96. The predicted octanol–water partition coefficient (Wildman–Crippen LogP) is 0.714. The van der Waals surface area contributed by atoms with Crippen molar-refractivity contribution in [3.05, 3.63) is 39.5 Å².